The van der Waals surface area contributed by atoms with Gasteiger partial charge < -0.3 is 15.8 Å². The van der Waals surface area contributed by atoms with E-state index in [1.807, 2.05) is 0 Å². The van der Waals surface area contributed by atoms with Crippen LogP contribution in [0.25, 0.3) is 0 Å². The van der Waals surface area contributed by atoms with E-state index in [4.69, 9.17) is 5.73 Å². The van der Waals surface area contributed by atoms with E-state index in [1.165, 1.54) is 7.11 Å². The third kappa shape index (κ3) is 2.82. The van der Waals surface area contributed by atoms with Gasteiger partial charge in [0.05, 0.1) is 7.11 Å². The standard InChI is InChI=1S/C11H18N2O3/c1-3-4-5-8-6-11(8,12)10(15)13-7-9(14)16-2/h6H,3-5,7,12H2,1-2H3,(H,13,15)/t11-/m1/s1. The van der Waals surface area contributed by atoms with Crippen LogP contribution in [0, 0.1) is 0 Å². The van der Waals surface area contributed by atoms with Crippen molar-refractivity contribution in [2.24, 2.45) is 5.73 Å². The normalized spacial score (nSPS) is 22.3. The van der Waals surface area contributed by atoms with Crippen molar-refractivity contribution in [3.05, 3.63) is 11.6 Å². The fraction of sp³-hybridized carbons (Fsp3) is 0.636. The molecule has 0 bridgehead atoms. The molecule has 0 aromatic heterocycles. The van der Waals surface area contributed by atoms with Crippen LogP contribution in [-0.4, -0.2) is 31.1 Å². The van der Waals surface area contributed by atoms with Crippen LogP contribution in [0.2, 0.25) is 0 Å². The Kier molecular flexibility index (Phi) is 4.06. The SMILES string of the molecule is CCCCC1=C[C@]1(N)C(=O)NCC(=O)OC. The lowest BCUT2D eigenvalue weighted by Gasteiger charge is -2.12. The van der Waals surface area contributed by atoms with Crippen LogP contribution < -0.4 is 11.1 Å². The molecular formula is C11H18N2O3. The van der Waals surface area contributed by atoms with Gasteiger partial charge in [0.1, 0.15) is 12.1 Å². The molecule has 0 saturated carbocycles. The van der Waals surface area contributed by atoms with Crippen LogP contribution in [0.5, 0.6) is 0 Å². The maximum atomic E-state index is 11.6. The van der Waals surface area contributed by atoms with Crippen LogP contribution in [-0.2, 0) is 14.3 Å². The fourth-order valence-corrected chi connectivity index (χ4v) is 1.47. The highest BCUT2D eigenvalue weighted by molar-refractivity contribution is 5.98. The highest BCUT2D eigenvalue weighted by Gasteiger charge is 2.46. The van der Waals surface area contributed by atoms with Crippen molar-refractivity contribution in [1.29, 1.82) is 0 Å². The first kappa shape index (κ1) is 12.7. The van der Waals surface area contributed by atoms with Crippen molar-refractivity contribution < 1.29 is 14.3 Å². The number of methoxy groups -OCH3 is 1. The molecule has 0 heterocycles. The second-order valence-electron chi connectivity index (χ2n) is 3.90. The minimum Gasteiger partial charge on any atom is -0.468 e. The Morgan fingerprint density at radius 2 is 2.25 bits per heavy atom. The molecule has 0 fully saturated rings. The average molecular weight is 226 g/mol. The topological polar surface area (TPSA) is 81.4 Å². The first-order valence-electron chi connectivity index (χ1n) is 5.40. The average Bonchev–Trinajstić information content (AvgIpc) is 2.95. The van der Waals surface area contributed by atoms with Gasteiger partial charge in [-0.25, -0.2) is 0 Å². The first-order chi connectivity index (χ1) is 7.54. The molecule has 0 aromatic carbocycles. The number of carbonyl (C=O) groups is 2. The summed E-state index contributed by atoms with van der Waals surface area (Å²) in [5.41, 5.74) is 5.85. The van der Waals surface area contributed by atoms with Crippen LogP contribution in [0.15, 0.2) is 11.6 Å². The zero-order valence-corrected chi connectivity index (χ0v) is 9.71. The van der Waals surface area contributed by atoms with Gasteiger partial charge in [-0.3, -0.25) is 9.59 Å². The Balaban J connectivity index is 2.31. The lowest BCUT2D eigenvalue weighted by atomic mass is 10.1. The van der Waals surface area contributed by atoms with E-state index in [-0.39, 0.29) is 12.5 Å². The number of esters is 1. The largest absolute Gasteiger partial charge is 0.468 e. The van der Waals surface area contributed by atoms with Crippen LogP contribution in [0.3, 0.4) is 0 Å². The molecule has 1 amide bonds. The molecule has 90 valence electrons. The summed E-state index contributed by atoms with van der Waals surface area (Å²) in [6, 6.07) is 0. The number of nitrogens with two attached hydrogens (primary N) is 1. The molecular weight excluding hydrogens is 208 g/mol. The summed E-state index contributed by atoms with van der Waals surface area (Å²) in [7, 11) is 1.27. The molecule has 0 spiro atoms. The molecule has 3 N–H and O–H groups in total. The second kappa shape index (κ2) is 5.12. The predicted octanol–water partition coefficient (Wildman–Crippen LogP) is 0.103. The third-order valence-corrected chi connectivity index (χ3v) is 2.65. The maximum absolute atomic E-state index is 11.6. The molecule has 1 aliphatic rings. The number of unbranched alkanes of at least 4 members (excludes halogenated alkanes) is 1. The van der Waals surface area contributed by atoms with Crippen molar-refractivity contribution in [2.75, 3.05) is 13.7 Å². The van der Waals surface area contributed by atoms with Gasteiger partial charge in [-0.1, -0.05) is 13.3 Å². The number of rotatable bonds is 6. The quantitative estimate of drug-likeness (QED) is 0.497. The van der Waals surface area contributed by atoms with Crippen LogP contribution in [0.1, 0.15) is 26.2 Å². The number of hydrogen-bond acceptors (Lipinski definition) is 4. The molecule has 1 aliphatic carbocycles. The Bertz CT molecular complexity index is 325. The molecule has 0 saturated heterocycles. The number of carbonyl (C=O) groups excluding carboxylic acids is 2. The number of amides is 1. The van der Waals surface area contributed by atoms with Gasteiger partial charge in [-0.05, 0) is 24.5 Å². The zero-order chi connectivity index (χ0) is 12.2. The van der Waals surface area contributed by atoms with Crippen molar-refractivity contribution in [3.8, 4) is 0 Å². The molecule has 0 unspecified atom stereocenters. The minimum absolute atomic E-state index is 0.136. The lowest BCUT2D eigenvalue weighted by Crippen LogP contribution is -2.47. The summed E-state index contributed by atoms with van der Waals surface area (Å²) in [5, 5.41) is 2.45. The zero-order valence-electron chi connectivity index (χ0n) is 9.71. The number of nitrogens with one attached hydrogen (secondary N) is 1. The fourth-order valence-electron chi connectivity index (χ4n) is 1.47. The number of ether oxygens (including phenoxy) is 1. The first-order valence-corrected chi connectivity index (χ1v) is 5.40. The van der Waals surface area contributed by atoms with Gasteiger partial charge in [-0.2, -0.15) is 0 Å². The highest BCUT2D eigenvalue weighted by atomic mass is 16.5. The Morgan fingerprint density at radius 3 is 2.81 bits per heavy atom. The van der Waals surface area contributed by atoms with E-state index in [0.717, 1.165) is 24.8 Å². The van der Waals surface area contributed by atoms with E-state index < -0.39 is 11.5 Å². The van der Waals surface area contributed by atoms with E-state index >= 15 is 0 Å². The van der Waals surface area contributed by atoms with Crippen molar-refractivity contribution in [2.45, 2.75) is 31.7 Å². The molecule has 0 aliphatic heterocycles. The molecule has 0 radical (unpaired) electrons. The maximum Gasteiger partial charge on any atom is 0.325 e. The summed E-state index contributed by atoms with van der Waals surface area (Å²) >= 11 is 0. The summed E-state index contributed by atoms with van der Waals surface area (Å²) in [6.07, 6.45) is 4.68. The molecule has 1 atom stereocenters. The minimum atomic E-state index is -0.955. The Morgan fingerprint density at radius 1 is 1.56 bits per heavy atom. The van der Waals surface area contributed by atoms with Gasteiger partial charge in [0.15, 0.2) is 0 Å². The molecule has 0 aromatic rings. The van der Waals surface area contributed by atoms with Crippen LogP contribution >= 0.6 is 0 Å². The molecule has 5 nitrogen and oxygen atoms in total. The summed E-state index contributed by atoms with van der Waals surface area (Å²) < 4.78 is 4.41. The van der Waals surface area contributed by atoms with E-state index in [0.29, 0.717) is 0 Å². The lowest BCUT2D eigenvalue weighted by molar-refractivity contribution is -0.141. The van der Waals surface area contributed by atoms with Crippen molar-refractivity contribution >= 4 is 11.9 Å². The molecule has 16 heavy (non-hydrogen) atoms. The molecule has 1 rings (SSSR count). The van der Waals surface area contributed by atoms with E-state index in [2.05, 4.69) is 17.0 Å². The van der Waals surface area contributed by atoms with E-state index in [1.54, 1.807) is 6.08 Å². The smallest absolute Gasteiger partial charge is 0.325 e. The highest BCUT2D eigenvalue weighted by Crippen LogP contribution is 2.35. The van der Waals surface area contributed by atoms with Gasteiger partial charge >= 0.3 is 5.97 Å². The second-order valence-corrected chi connectivity index (χ2v) is 3.90. The summed E-state index contributed by atoms with van der Waals surface area (Å²) in [6.45, 7) is 1.95. The third-order valence-electron chi connectivity index (χ3n) is 2.65. The predicted molar refractivity (Wildman–Crippen MR) is 59.6 cm³/mol. The van der Waals surface area contributed by atoms with Gasteiger partial charge in [0.2, 0.25) is 5.91 Å². The van der Waals surface area contributed by atoms with Crippen molar-refractivity contribution in [3.63, 3.8) is 0 Å². The Hall–Kier alpha value is -1.36. The summed E-state index contributed by atoms with van der Waals surface area (Å²) in [4.78, 5) is 22.4. The summed E-state index contributed by atoms with van der Waals surface area (Å²) in [5.74, 6) is -0.809. The van der Waals surface area contributed by atoms with E-state index in [9.17, 15) is 9.59 Å². The Labute approximate surface area is 95.0 Å². The van der Waals surface area contributed by atoms with Crippen molar-refractivity contribution in [1.82, 2.24) is 5.32 Å². The van der Waals surface area contributed by atoms with Gasteiger partial charge in [-0.15, -0.1) is 0 Å². The number of hydrogen-bond donors (Lipinski definition) is 2. The van der Waals surface area contributed by atoms with Crippen LogP contribution in [0.4, 0.5) is 0 Å². The van der Waals surface area contributed by atoms with Gasteiger partial charge in [0, 0.05) is 0 Å². The van der Waals surface area contributed by atoms with Gasteiger partial charge in [0.25, 0.3) is 0 Å². The monoisotopic (exact) mass is 226 g/mol. The molecule has 5 heteroatoms.